The third-order valence-electron chi connectivity index (χ3n) is 4.54. The molecule has 1 N–H and O–H groups in total. The lowest BCUT2D eigenvalue weighted by molar-refractivity contribution is -0.142. The van der Waals surface area contributed by atoms with Gasteiger partial charge in [-0.1, -0.05) is 12.2 Å². The van der Waals surface area contributed by atoms with Crippen LogP contribution < -0.4 is 14.8 Å². The van der Waals surface area contributed by atoms with Gasteiger partial charge in [-0.25, -0.2) is 0 Å². The molecule has 7 heteroatoms. The van der Waals surface area contributed by atoms with E-state index >= 15 is 0 Å². The molecular formula is C18H20N2O5. The molecule has 3 rings (SSSR count). The molecule has 1 aliphatic heterocycles. The van der Waals surface area contributed by atoms with Gasteiger partial charge in [0.2, 0.25) is 17.7 Å². The van der Waals surface area contributed by atoms with Crippen molar-refractivity contribution in [1.82, 2.24) is 4.90 Å². The maximum atomic E-state index is 12.4. The monoisotopic (exact) mass is 344 g/mol. The molecule has 1 fully saturated rings. The van der Waals surface area contributed by atoms with Crippen molar-refractivity contribution in [2.24, 2.45) is 11.8 Å². The van der Waals surface area contributed by atoms with Crippen molar-refractivity contribution in [3.8, 4) is 11.5 Å². The van der Waals surface area contributed by atoms with E-state index in [1.165, 1.54) is 14.2 Å². The number of carbonyl (C=O) groups is 3. The molecule has 1 heterocycles. The molecule has 3 amide bonds. The summed E-state index contributed by atoms with van der Waals surface area (Å²) in [6.07, 6.45) is 4.94. The predicted octanol–water partition coefficient (Wildman–Crippen LogP) is 1.59. The number of benzene rings is 1. The number of imide groups is 1. The number of nitrogens with zero attached hydrogens (tertiary/aromatic N) is 1. The van der Waals surface area contributed by atoms with Crippen LogP contribution in [0.5, 0.6) is 11.5 Å². The highest BCUT2D eigenvalue weighted by molar-refractivity contribution is 6.08. The van der Waals surface area contributed by atoms with E-state index in [9.17, 15) is 14.4 Å². The van der Waals surface area contributed by atoms with Gasteiger partial charge >= 0.3 is 0 Å². The largest absolute Gasteiger partial charge is 0.497 e. The van der Waals surface area contributed by atoms with Crippen LogP contribution in [0.1, 0.15) is 12.8 Å². The average Bonchev–Trinajstić information content (AvgIpc) is 2.86. The lowest BCUT2D eigenvalue weighted by Crippen LogP contribution is -2.38. The number of rotatable bonds is 5. The van der Waals surface area contributed by atoms with Crippen LogP contribution >= 0.6 is 0 Å². The minimum Gasteiger partial charge on any atom is -0.497 e. The molecule has 0 spiro atoms. The zero-order valence-corrected chi connectivity index (χ0v) is 14.2. The molecule has 1 aromatic rings. The Kier molecular flexibility index (Phi) is 4.74. The Bertz CT molecular complexity index is 695. The summed E-state index contributed by atoms with van der Waals surface area (Å²) >= 11 is 0. The van der Waals surface area contributed by atoms with E-state index in [-0.39, 0.29) is 30.2 Å². The fourth-order valence-electron chi connectivity index (χ4n) is 3.25. The third kappa shape index (κ3) is 3.35. The first-order valence-electron chi connectivity index (χ1n) is 8.06. The van der Waals surface area contributed by atoms with Gasteiger partial charge < -0.3 is 14.8 Å². The van der Waals surface area contributed by atoms with Crippen LogP contribution in [0.15, 0.2) is 30.4 Å². The number of anilines is 1. The van der Waals surface area contributed by atoms with Gasteiger partial charge in [0, 0.05) is 23.9 Å². The maximum Gasteiger partial charge on any atom is 0.244 e. The fraction of sp³-hybridized carbons (Fsp3) is 0.389. The highest BCUT2D eigenvalue weighted by Gasteiger charge is 2.47. The number of carbonyl (C=O) groups excluding carboxylic acids is 3. The van der Waals surface area contributed by atoms with Crippen LogP contribution in [-0.2, 0) is 14.4 Å². The first-order chi connectivity index (χ1) is 12.0. The minimum absolute atomic E-state index is 0.266. The average molecular weight is 344 g/mol. The quantitative estimate of drug-likeness (QED) is 0.648. The Morgan fingerprint density at radius 1 is 1.04 bits per heavy atom. The maximum absolute atomic E-state index is 12.4. The molecule has 0 aromatic heterocycles. The van der Waals surface area contributed by atoms with Gasteiger partial charge in [-0.15, -0.1) is 0 Å². The molecule has 0 radical (unpaired) electrons. The number of likely N-dealkylation sites (tertiary alicyclic amines) is 1. The SMILES string of the molecule is COc1cc(NC(=O)CN2C(=O)C3CC=CCC3C2=O)cc(OC)c1. The fourth-order valence-corrected chi connectivity index (χ4v) is 3.25. The van der Waals surface area contributed by atoms with E-state index in [1.54, 1.807) is 18.2 Å². The molecule has 132 valence electrons. The number of nitrogens with one attached hydrogen (secondary N) is 1. The summed E-state index contributed by atoms with van der Waals surface area (Å²) < 4.78 is 10.3. The van der Waals surface area contributed by atoms with Gasteiger partial charge in [-0.05, 0) is 12.8 Å². The second-order valence-electron chi connectivity index (χ2n) is 6.07. The summed E-state index contributed by atoms with van der Waals surface area (Å²) in [7, 11) is 3.02. The molecule has 1 saturated heterocycles. The van der Waals surface area contributed by atoms with E-state index in [0.717, 1.165) is 4.90 Å². The van der Waals surface area contributed by atoms with E-state index in [2.05, 4.69) is 5.32 Å². The second kappa shape index (κ2) is 6.96. The van der Waals surface area contributed by atoms with Crippen molar-refractivity contribution in [2.45, 2.75) is 12.8 Å². The Balaban J connectivity index is 1.69. The van der Waals surface area contributed by atoms with Gasteiger partial charge in [0.15, 0.2) is 0 Å². The summed E-state index contributed by atoms with van der Waals surface area (Å²) in [6.45, 7) is -0.288. The Morgan fingerprint density at radius 3 is 2.04 bits per heavy atom. The number of hydrogen-bond donors (Lipinski definition) is 1. The standard InChI is InChI=1S/C18H20N2O5/c1-24-12-7-11(8-13(9-12)25-2)19-16(21)10-20-17(22)14-5-3-4-6-15(14)18(20)23/h3-4,7-9,14-15H,5-6,10H2,1-2H3,(H,19,21). The molecule has 2 aliphatic rings. The van der Waals surface area contributed by atoms with Crippen LogP contribution in [0.2, 0.25) is 0 Å². The van der Waals surface area contributed by atoms with Crippen LogP contribution in [0.4, 0.5) is 5.69 Å². The van der Waals surface area contributed by atoms with Crippen LogP contribution in [0.25, 0.3) is 0 Å². The Morgan fingerprint density at radius 2 is 1.56 bits per heavy atom. The normalized spacial score (nSPS) is 21.9. The highest BCUT2D eigenvalue weighted by atomic mass is 16.5. The molecule has 0 bridgehead atoms. The van der Waals surface area contributed by atoms with Gasteiger partial charge in [0.25, 0.3) is 0 Å². The molecule has 1 aromatic carbocycles. The number of allylic oxidation sites excluding steroid dienone is 2. The van der Waals surface area contributed by atoms with Crippen molar-refractivity contribution in [3.05, 3.63) is 30.4 Å². The Labute approximate surface area is 145 Å². The number of methoxy groups -OCH3 is 2. The highest BCUT2D eigenvalue weighted by Crippen LogP contribution is 2.35. The number of fused-ring (bicyclic) bond motifs is 1. The number of ether oxygens (including phenoxy) is 2. The van der Waals surface area contributed by atoms with Gasteiger partial charge in [-0.3, -0.25) is 19.3 Å². The second-order valence-corrected chi connectivity index (χ2v) is 6.07. The van der Waals surface area contributed by atoms with Crippen molar-refractivity contribution in [1.29, 1.82) is 0 Å². The smallest absolute Gasteiger partial charge is 0.244 e. The molecule has 1 aliphatic carbocycles. The zero-order chi connectivity index (χ0) is 18.0. The first kappa shape index (κ1) is 17.0. The van der Waals surface area contributed by atoms with Gasteiger partial charge in [0.1, 0.15) is 18.0 Å². The van der Waals surface area contributed by atoms with Crippen molar-refractivity contribution >= 4 is 23.4 Å². The third-order valence-corrected chi connectivity index (χ3v) is 4.54. The molecule has 25 heavy (non-hydrogen) atoms. The lowest BCUT2D eigenvalue weighted by atomic mass is 9.85. The summed E-state index contributed by atoms with van der Waals surface area (Å²) in [5.74, 6) is -0.580. The molecular weight excluding hydrogens is 324 g/mol. The first-order valence-corrected chi connectivity index (χ1v) is 8.06. The number of amides is 3. The summed E-state index contributed by atoms with van der Waals surface area (Å²) in [5.41, 5.74) is 0.472. The van der Waals surface area contributed by atoms with E-state index in [4.69, 9.17) is 9.47 Å². The molecule has 2 atom stereocenters. The minimum atomic E-state index is -0.441. The topological polar surface area (TPSA) is 84.9 Å². The van der Waals surface area contributed by atoms with Gasteiger partial charge in [0.05, 0.1) is 26.1 Å². The van der Waals surface area contributed by atoms with Crippen LogP contribution in [0, 0.1) is 11.8 Å². The summed E-state index contributed by atoms with van der Waals surface area (Å²) in [5, 5.41) is 2.68. The van der Waals surface area contributed by atoms with Crippen LogP contribution in [0.3, 0.4) is 0 Å². The molecule has 0 saturated carbocycles. The van der Waals surface area contributed by atoms with Crippen molar-refractivity contribution < 1.29 is 23.9 Å². The predicted molar refractivity (Wildman–Crippen MR) is 90.2 cm³/mol. The molecule has 2 unspecified atom stereocenters. The van der Waals surface area contributed by atoms with Crippen molar-refractivity contribution in [3.63, 3.8) is 0 Å². The number of hydrogen-bond acceptors (Lipinski definition) is 5. The summed E-state index contributed by atoms with van der Waals surface area (Å²) in [4.78, 5) is 38.2. The zero-order valence-electron chi connectivity index (χ0n) is 14.2. The van der Waals surface area contributed by atoms with Gasteiger partial charge in [-0.2, -0.15) is 0 Å². The lowest BCUT2D eigenvalue weighted by Gasteiger charge is -2.15. The van der Waals surface area contributed by atoms with Crippen LogP contribution in [-0.4, -0.2) is 43.4 Å². The van der Waals surface area contributed by atoms with E-state index < -0.39 is 5.91 Å². The van der Waals surface area contributed by atoms with E-state index in [0.29, 0.717) is 30.0 Å². The molecule has 7 nitrogen and oxygen atoms in total. The summed E-state index contributed by atoms with van der Waals surface area (Å²) in [6, 6.07) is 4.95. The van der Waals surface area contributed by atoms with E-state index in [1.807, 2.05) is 12.2 Å². The van der Waals surface area contributed by atoms with Crippen molar-refractivity contribution in [2.75, 3.05) is 26.1 Å². The Hall–Kier alpha value is -2.83.